The van der Waals surface area contributed by atoms with E-state index in [1.807, 2.05) is 127 Å². The van der Waals surface area contributed by atoms with E-state index in [-0.39, 0.29) is 23.0 Å². The highest BCUT2D eigenvalue weighted by atomic mass is 31.2. The Morgan fingerprint density at radius 2 is 0.607 bits per heavy atom. The Bertz CT molecular complexity index is 4270. The van der Waals surface area contributed by atoms with Crippen molar-refractivity contribution in [2.24, 2.45) is 0 Å². The zero-order valence-corrected chi connectivity index (χ0v) is 49.2. The van der Waals surface area contributed by atoms with Crippen LogP contribution in [0.3, 0.4) is 0 Å². The second-order valence-electron chi connectivity index (χ2n) is 22.4. The van der Waals surface area contributed by atoms with Gasteiger partial charge in [0.2, 0.25) is 0 Å². The quantitative estimate of drug-likeness (QED) is 0.125. The average Bonchev–Trinajstić information content (AvgIpc) is 1.80. The first-order valence-electron chi connectivity index (χ1n) is 27.4. The van der Waals surface area contributed by atoms with Gasteiger partial charge in [-0.25, -0.2) is 13.6 Å². The van der Waals surface area contributed by atoms with Gasteiger partial charge in [0.15, 0.2) is 11.5 Å². The summed E-state index contributed by atoms with van der Waals surface area (Å²) in [7, 11) is -11.5. The molecule has 4 aromatic heterocycles. The summed E-state index contributed by atoms with van der Waals surface area (Å²) in [6.07, 6.45) is 0. The topological polar surface area (TPSA) is 171 Å². The molecular weight excluding hydrogens is 1130 g/mol. The van der Waals surface area contributed by atoms with E-state index in [9.17, 15) is 4.57 Å². The number of hydrogen-bond donors (Lipinski definition) is 4. The minimum absolute atomic E-state index is 0.199. The van der Waals surface area contributed by atoms with Crippen molar-refractivity contribution in [3.8, 4) is 46.0 Å². The molecule has 7 aromatic carbocycles. The van der Waals surface area contributed by atoms with Crippen LogP contribution in [0.15, 0.2) is 212 Å². The van der Waals surface area contributed by atoms with Gasteiger partial charge < -0.3 is 47.1 Å². The lowest BCUT2D eigenvalue weighted by molar-refractivity contribution is 0.396. The molecule has 24 bridgehead atoms. The van der Waals surface area contributed by atoms with Gasteiger partial charge in [-0.3, -0.25) is 0 Å². The number of benzene rings is 7. The Morgan fingerprint density at radius 3 is 0.917 bits per heavy atom. The fourth-order valence-corrected chi connectivity index (χ4v) is 17.2. The van der Waals surface area contributed by atoms with Crippen molar-refractivity contribution in [3.05, 3.63) is 280 Å². The summed E-state index contributed by atoms with van der Waals surface area (Å²) < 4.78 is 87.2. The van der Waals surface area contributed by atoms with Crippen molar-refractivity contribution in [1.82, 2.24) is 19.9 Å². The van der Waals surface area contributed by atoms with E-state index in [4.69, 9.17) is 36.2 Å². The van der Waals surface area contributed by atoms with Gasteiger partial charge in [0.25, 0.3) is 0 Å². The van der Waals surface area contributed by atoms with Crippen molar-refractivity contribution in [3.63, 3.8) is 0 Å². The molecule has 14 nitrogen and oxygen atoms in total. The monoisotopic (exact) mass is 1180 g/mol. The van der Waals surface area contributed by atoms with Crippen molar-refractivity contribution >= 4 is 48.5 Å². The summed E-state index contributed by atoms with van der Waals surface area (Å²) in [5, 5.41) is 1.79. The molecule has 0 fully saturated rings. The van der Waals surface area contributed by atoms with Gasteiger partial charge in [-0.2, -0.15) is 0 Å². The van der Waals surface area contributed by atoms with E-state index >= 15 is 4.57 Å². The Hall–Kier alpha value is -8.75. The maximum atomic E-state index is 16.5. The third-order valence-corrected chi connectivity index (χ3v) is 23.0. The highest BCUT2D eigenvalue weighted by Crippen LogP contribution is 2.57. The first-order chi connectivity index (χ1) is 40.7. The molecule has 18 heteroatoms. The van der Waals surface area contributed by atoms with Crippen molar-refractivity contribution in [2.45, 2.75) is 49.4 Å². The minimum atomic E-state index is -4.46. The summed E-state index contributed by atoms with van der Waals surface area (Å²) in [5.41, 5.74) is 5.14. The van der Waals surface area contributed by atoms with Gasteiger partial charge in [0, 0.05) is 74.4 Å². The highest BCUT2D eigenvalue weighted by Gasteiger charge is 2.47. The lowest BCUT2D eigenvalue weighted by Gasteiger charge is -2.35. The average molecular weight is 1180 g/mol. The van der Waals surface area contributed by atoms with Crippen LogP contribution in [-0.4, -0.2) is 19.9 Å². The number of fused-ring (bicyclic) bond motifs is 13. The van der Waals surface area contributed by atoms with Gasteiger partial charge in [-0.15, -0.1) is 0 Å². The van der Waals surface area contributed by atoms with E-state index in [1.54, 1.807) is 36.4 Å². The summed E-state index contributed by atoms with van der Waals surface area (Å²) in [4.78, 5) is 16.1. The van der Waals surface area contributed by atoms with E-state index in [1.165, 1.54) is 0 Å². The van der Waals surface area contributed by atoms with Gasteiger partial charge in [0.05, 0.1) is 37.6 Å². The van der Waals surface area contributed by atoms with Gasteiger partial charge in [-0.1, -0.05) is 54.6 Å². The SMILES string of the molecule is C[C@]12c3cc4cc(c3)O[P+](=O)Oc3cc5cc(c3)[C@](C)(c3ccc1[nH]3)c1ccc([nH]1)[C@@]1(C)c3cc(cc(c3)OP(=O)(c3ccccc3)Oc3cc(cc(c3)[C@@](C)(c3ccc2[nH]3)c2ccc1[nH]2)OP(c1ccccc1)O4)OP(c1ccccc1)O5. The third kappa shape index (κ3) is 7.95. The lowest BCUT2D eigenvalue weighted by atomic mass is 9.75. The van der Waals surface area contributed by atoms with Crippen LogP contribution in [0, 0.1) is 0 Å². The molecule has 84 heavy (non-hydrogen) atoms. The molecular formula is C66H51N4O10P4+. The second kappa shape index (κ2) is 18.6. The third-order valence-electron chi connectivity index (χ3n) is 17.5. The van der Waals surface area contributed by atoms with Crippen LogP contribution in [0.4, 0.5) is 0 Å². The molecule has 4 N–H and O–H groups in total. The molecule has 0 aliphatic carbocycles. The van der Waals surface area contributed by atoms with Gasteiger partial charge in [0.1, 0.15) is 34.5 Å². The number of aromatic amines is 4. The Labute approximate surface area is 486 Å². The second-order valence-corrected chi connectivity index (χ2v) is 27.9. The predicted molar refractivity (Wildman–Crippen MR) is 323 cm³/mol. The number of hydrogen-bond acceptors (Lipinski definition) is 10. The zero-order valence-electron chi connectivity index (χ0n) is 45.6. The summed E-state index contributed by atoms with van der Waals surface area (Å²) in [6, 6.07) is 67.7. The van der Waals surface area contributed by atoms with Crippen molar-refractivity contribution < 1.29 is 45.3 Å². The fraction of sp³-hybridized carbons (Fsp3) is 0.121. The molecule has 0 amide bonds. The zero-order chi connectivity index (χ0) is 56.7. The maximum absolute atomic E-state index is 16.5. The summed E-state index contributed by atoms with van der Waals surface area (Å²) in [5.74, 6) is 2.25. The van der Waals surface area contributed by atoms with Crippen LogP contribution in [0.5, 0.6) is 46.0 Å². The number of nitrogens with one attached hydrogen (secondary N) is 4. The summed E-state index contributed by atoms with van der Waals surface area (Å²) in [6.45, 7) is 8.62. The van der Waals surface area contributed by atoms with Crippen LogP contribution in [-0.2, 0) is 30.8 Å². The normalized spacial score (nSPS) is 25.2. The van der Waals surface area contributed by atoms with Gasteiger partial charge in [-0.05, 0) is 183 Å². The molecule has 4 unspecified atom stereocenters. The lowest BCUT2D eigenvalue weighted by Crippen LogP contribution is -2.32. The van der Waals surface area contributed by atoms with E-state index in [2.05, 4.69) is 96.2 Å². The Kier molecular flexibility index (Phi) is 11.3. The molecule has 5 aliphatic heterocycles. The Morgan fingerprint density at radius 1 is 0.345 bits per heavy atom. The van der Waals surface area contributed by atoms with E-state index in [0.717, 1.165) is 78.4 Å². The number of aromatic nitrogens is 4. The van der Waals surface area contributed by atoms with Crippen molar-refractivity contribution in [1.29, 1.82) is 0 Å². The molecule has 16 rings (SSSR count). The summed E-state index contributed by atoms with van der Waals surface area (Å²) >= 11 is 0. The van der Waals surface area contributed by atoms with Gasteiger partial charge >= 0.3 is 32.6 Å². The molecule has 0 spiro atoms. The number of H-pyrrole nitrogens is 4. The largest absolute Gasteiger partial charge is 0.805 e. The Balaban J connectivity index is 1.10. The molecule has 8 atom stereocenters. The van der Waals surface area contributed by atoms with E-state index < -0.39 is 54.3 Å². The molecule has 11 aromatic rings. The maximum Gasteiger partial charge on any atom is 0.805 e. The van der Waals surface area contributed by atoms with Crippen molar-refractivity contribution in [2.75, 3.05) is 0 Å². The van der Waals surface area contributed by atoms with E-state index in [0.29, 0.717) is 28.3 Å². The standard InChI is InChI=1S/C66H51N4O10P4/c1-63-40-28-44-36-48(32-40)77-83(71)78-49-33-41-29-45(37-49)74-82(53-16-10-6-11-17-53)76-47-31-43-35-51(39-47)80-84(72,54-18-12-7-13-19-54)79-50-34-42(30-46(38-50)75-81(73-44)52-14-8-5-9-15-52)65(3,59-24-22-57(63)68-59)61-26-27-62(70-61)66(43,4)60-25-23-58(69-60)64(41,2)56-21-20-55(63)67-56/h5-39,67-70H,1-4H3/q+1/t63-,64+,65-,66+,81?,82?,84?. The molecule has 414 valence electrons. The molecule has 0 saturated heterocycles. The van der Waals surface area contributed by atoms with Crippen LogP contribution >= 0.6 is 32.6 Å². The predicted octanol–water partition coefficient (Wildman–Crippen LogP) is 15.3. The van der Waals surface area contributed by atoms with Crippen LogP contribution < -0.4 is 52.1 Å². The number of rotatable bonds is 3. The molecule has 9 heterocycles. The highest BCUT2D eigenvalue weighted by molar-refractivity contribution is 7.63. The van der Waals surface area contributed by atoms with Crippen LogP contribution in [0.1, 0.15) is 95.5 Å². The van der Waals surface area contributed by atoms with Crippen LogP contribution in [0.2, 0.25) is 0 Å². The first kappa shape index (κ1) is 50.9. The first-order valence-corrected chi connectivity index (χ1v) is 32.4. The minimum Gasteiger partial charge on any atom is -0.435 e. The van der Waals surface area contributed by atoms with Crippen LogP contribution in [0.25, 0.3) is 0 Å². The molecule has 0 saturated carbocycles. The molecule has 5 aliphatic rings. The molecule has 0 radical (unpaired) electrons. The fourth-order valence-electron chi connectivity index (χ4n) is 12.5. The smallest absolute Gasteiger partial charge is 0.435 e.